The third-order valence-corrected chi connectivity index (χ3v) is 2.24. The summed E-state index contributed by atoms with van der Waals surface area (Å²) in [6.45, 7) is 0. The summed E-state index contributed by atoms with van der Waals surface area (Å²) in [4.78, 5) is 22.1. The molecule has 0 saturated heterocycles. The number of methoxy groups -OCH3 is 1. The first-order valence-corrected chi connectivity index (χ1v) is 5.20. The zero-order valence-corrected chi connectivity index (χ0v) is 10.00. The molecule has 1 amide bonds. The number of nitriles is 1. The number of esters is 1. The summed E-state index contributed by atoms with van der Waals surface area (Å²) in [5.41, 5.74) is -0.561. The van der Waals surface area contributed by atoms with Crippen LogP contribution in [0.3, 0.4) is 0 Å². The largest absolute Gasteiger partial charge is 0.469 e. The summed E-state index contributed by atoms with van der Waals surface area (Å²) >= 11 is 0. The molecule has 0 heterocycles. The maximum atomic E-state index is 13.6. The van der Waals surface area contributed by atoms with Crippen LogP contribution in [-0.4, -0.2) is 19.0 Å². The highest BCUT2D eigenvalue weighted by molar-refractivity contribution is 5.92. The highest BCUT2D eigenvalue weighted by Crippen LogP contribution is 2.21. The van der Waals surface area contributed by atoms with Crippen LogP contribution < -0.4 is 5.32 Å². The molecule has 1 rings (SSSR count). The van der Waals surface area contributed by atoms with Gasteiger partial charge in [-0.3, -0.25) is 9.59 Å². The number of amides is 1. The minimum atomic E-state index is -1.28. The molecule has 0 atom stereocenters. The fourth-order valence-corrected chi connectivity index (χ4v) is 1.32. The lowest BCUT2D eigenvalue weighted by atomic mass is 10.1. The molecule has 0 aliphatic carbocycles. The van der Waals surface area contributed by atoms with Gasteiger partial charge in [-0.15, -0.1) is 0 Å². The Bertz CT molecular complexity index is 553. The van der Waals surface area contributed by atoms with Gasteiger partial charge >= 0.3 is 5.97 Å². The predicted molar refractivity (Wildman–Crippen MR) is 60.9 cm³/mol. The number of nitrogens with one attached hydrogen (secondary N) is 1. The van der Waals surface area contributed by atoms with Crippen LogP contribution in [0.2, 0.25) is 0 Å². The van der Waals surface area contributed by atoms with Gasteiger partial charge < -0.3 is 10.1 Å². The number of nitrogens with zero attached hydrogens (tertiary/aromatic N) is 1. The molecule has 1 aromatic rings. The fourth-order valence-electron chi connectivity index (χ4n) is 1.32. The van der Waals surface area contributed by atoms with Crippen molar-refractivity contribution in [3.8, 4) is 6.07 Å². The van der Waals surface area contributed by atoms with E-state index in [1.165, 1.54) is 0 Å². The molecule has 1 N–H and O–H groups in total. The molecule has 0 unspecified atom stereocenters. The Morgan fingerprint density at radius 3 is 2.63 bits per heavy atom. The lowest BCUT2D eigenvalue weighted by Crippen LogP contribution is -2.13. The van der Waals surface area contributed by atoms with Gasteiger partial charge in [0.25, 0.3) is 0 Å². The van der Waals surface area contributed by atoms with Crippen LogP contribution >= 0.6 is 0 Å². The Kier molecular flexibility index (Phi) is 4.94. The van der Waals surface area contributed by atoms with E-state index in [1.54, 1.807) is 6.07 Å². The maximum Gasteiger partial charge on any atom is 0.310 e. The summed E-state index contributed by atoms with van der Waals surface area (Å²) in [6.07, 6.45) is -0.878. The smallest absolute Gasteiger partial charge is 0.310 e. The van der Waals surface area contributed by atoms with Crippen molar-refractivity contribution in [1.29, 1.82) is 5.26 Å². The SMILES string of the molecule is COC(=O)Cc1ccc(NC(=O)CC#N)c(F)c1F. The molecule has 0 bridgehead atoms. The number of carbonyl (C=O) groups is 2. The van der Waals surface area contributed by atoms with Gasteiger partial charge in [0, 0.05) is 5.56 Å². The Labute approximate surface area is 107 Å². The van der Waals surface area contributed by atoms with Crippen LogP contribution in [-0.2, 0) is 20.7 Å². The van der Waals surface area contributed by atoms with E-state index in [2.05, 4.69) is 10.1 Å². The standard InChI is InChI=1S/C12H10F2N2O3/c1-19-10(18)6-7-2-3-8(12(14)11(7)13)16-9(17)4-5-15/h2-3H,4,6H2,1H3,(H,16,17). The molecule has 0 radical (unpaired) electrons. The monoisotopic (exact) mass is 268 g/mol. The van der Waals surface area contributed by atoms with E-state index in [1.807, 2.05) is 0 Å². The van der Waals surface area contributed by atoms with E-state index in [0.29, 0.717) is 0 Å². The summed E-state index contributed by atoms with van der Waals surface area (Å²) in [7, 11) is 1.13. The van der Waals surface area contributed by atoms with Crippen LogP contribution in [0.1, 0.15) is 12.0 Å². The molecular formula is C12H10F2N2O3. The molecule has 19 heavy (non-hydrogen) atoms. The van der Waals surface area contributed by atoms with Gasteiger partial charge in [-0.25, -0.2) is 8.78 Å². The molecule has 5 nitrogen and oxygen atoms in total. The quantitative estimate of drug-likeness (QED) is 0.840. The second-order valence-electron chi connectivity index (χ2n) is 3.54. The molecule has 7 heteroatoms. The van der Waals surface area contributed by atoms with Gasteiger partial charge in [0.2, 0.25) is 5.91 Å². The molecule has 0 saturated carbocycles. The Morgan fingerprint density at radius 1 is 1.37 bits per heavy atom. The van der Waals surface area contributed by atoms with Gasteiger partial charge in [0.15, 0.2) is 11.6 Å². The lowest BCUT2D eigenvalue weighted by Gasteiger charge is -2.08. The molecule has 100 valence electrons. The van der Waals surface area contributed by atoms with Gasteiger partial charge in [-0.05, 0) is 6.07 Å². The Morgan fingerprint density at radius 2 is 2.05 bits per heavy atom. The second-order valence-corrected chi connectivity index (χ2v) is 3.54. The number of hydrogen-bond acceptors (Lipinski definition) is 4. The first kappa shape index (κ1) is 14.6. The maximum absolute atomic E-state index is 13.6. The fraction of sp³-hybridized carbons (Fsp3) is 0.250. The summed E-state index contributed by atoms with van der Waals surface area (Å²) in [5.74, 6) is -3.98. The number of benzene rings is 1. The Balaban J connectivity index is 2.95. The van der Waals surface area contributed by atoms with Crippen molar-refractivity contribution in [3.05, 3.63) is 29.3 Å². The van der Waals surface area contributed by atoms with Crippen LogP contribution in [0.25, 0.3) is 0 Å². The van der Waals surface area contributed by atoms with Crippen molar-refractivity contribution < 1.29 is 23.1 Å². The third kappa shape index (κ3) is 3.74. The number of halogens is 2. The van der Waals surface area contributed by atoms with Crippen LogP contribution in [0, 0.1) is 23.0 Å². The van der Waals surface area contributed by atoms with E-state index >= 15 is 0 Å². The van der Waals surface area contributed by atoms with Gasteiger partial charge in [0.1, 0.15) is 6.42 Å². The number of carbonyl (C=O) groups excluding carboxylic acids is 2. The van der Waals surface area contributed by atoms with Gasteiger partial charge in [0.05, 0.1) is 25.3 Å². The molecule has 1 aromatic carbocycles. The molecular weight excluding hydrogens is 258 g/mol. The summed E-state index contributed by atoms with van der Waals surface area (Å²) in [6, 6.07) is 3.86. The van der Waals surface area contributed by atoms with Crippen molar-refractivity contribution in [2.24, 2.45) is 0 Å². The predicted octanol–water partition coefficient (Wildman–Crippen LogP) is 1.53. The first-order chi connectivity index (χ1) is 8.99. The molecule has 0 aliphatic rings. The zero-order chi connectivity index (χ0) is 14.4. The van der Waals surface area contributed by atoms with Crippen molar-refractivity contribution in [2.75, 3.05) is 12.4 Å². The Hall–Kier alpha value is -2.49. The average molecular weight is 268 g/mol. The minimum absolute atomic E-state index is 0.178. The van der Waals surface area contributed by atoms with Crippen LogP contribution in [0.15, 0.2) is 12.1 Å². The number of anilines is 1. The number of ether oxygens (including phenoxy) is 1. The average Bonchev–Trinajstić information content (AvgIpc) is 2.38. The molecule has 0 spiro atoms. The van der Waals surface area contributed by atoms with Crippen molar-refractivity contribution >= 4 is 17.6 Å². The van der Waals surface area contributed by atoms with E-state index in [9.17, 15) is 18.4 Å². The van der Waals surface area contributed by atoms with Crippen molar-refractivity contribution in [3.63, 3.8) is 0 Å². The zero-order valence-electron chi connectivity index (χ0n) is 10.00. The topological polar surface area (TPSA) is 79.2 Å². The highest BCUT2D eigenvalue weighted by Gasteiger charge is 2.17. The van der Waals surface area contributed by atoms with Gasteiger partial charge in [-0.1, -0.05) is 6.07 Å². The third-order valence-electron chi connectivity index (χ3n) is 2.24. The number of hydrogen-bond donors (Lipinski definition) is 1. The molecule has 0 aliphatic heterocycles. The van der Waals surface area contributed by atoms with Crippen LogP contribution in [0.4, 0.5) is 14.5 Å². The summed E-state index contributed by atoms with van der Waals surface area (Å²) < 4.78 is 31.5. The normalized spacial score (nSPS) is 9.58. The minimum Gasteiger partial charge on any atom is -0.469 e. The van der Waals surface area contributed by atoms with Crippen molar-refractivity contribution in [1.82, 2.24) is 0 Å². The highest BCUT2D eigenvalue weighted by atomic mass is 19.2. The molecule has 0 fully saturated rings. The van der Waals surface area contributed by atoms with E-state index in [4.69, 9.17) is 5.26 Å². The summed E-state index contributed by atoms with van der Waals surface area (Å²) in [5, 5.41) is 10.3. The second kappa shape index (κ2) is 6.44. The van der Waals surface area contributed by atoms with Crippen molar-refractivity contribution in [2.45, 2.75) is 12.8 Å². The van der Waals surface area contributed by atoms with Gasteiger partial charge in [-0.2, -0.15) is 5.26 Å². The van der Waals surface area contributed by atoms with E-state index < -0.39 is 36.4 Å². The van der Waals surface area contributed by atoms with E-state index in [0.717, 1.165) is 19.2 Å². The van der Waals surface area contributed by atoms with E-state index in [-0.39, 0.29) is 11.3 Å². The first-order valence-electron chi connectivity index (χ1n) is 5.20. The van der Waals surface area contributed by atoms with Crippen LogP contribution in [0.5, 0.6) is 0 Å². The lowest BCUT2D eigenvalue weighted by molar-refractivity contribution is -0.139. The number of rotatable bonds is 4. The molecule has 0 aromatic heterocycles.